The van der Waals surface area contributed by atoms with Crippen LogP contribution in [0.5, 0.6) is 0 Å². The van der Waals surface area contributed by atoms with Gasteiger partial charge in [-0.1, -0.05) is 7.43 Å². The third-order valence-electron chi connectivity index (χ3n) is 2.01. The molecule has 0 saturated carbocycles. The Hall–Kier alpha value is -0.120. The first-order valence-corrected chi connectivity index (χ1v) is 4.47. The molecule has 3 nitrogen and oxygen atoms in total. The van der Waals surface area contributed by atoms with Crippen LogP contribution in [0.3, 0.4) is 0 Å². The Morgan fingerprint density at radius 3 is 2.31 bits per heavy atom. The van der Waals surface area contributed by atoms with E-state index in [9.17, 15) is 0 Å². The fourth-order valence-electron chi connectivity index (χ4n) is 1.14. The first kappa shape index (κ1) is 12.9. The highest BCUT2D eigenvalue weighted by molar-refractivity contribution is 4.81. The van der Waals surface area contributed by atoms with Gasteiger partial charge in [0.2, 0.25) is 0 Å². The van der Waals surface area contributed by atoms with E-state index in [0.29, 0.717) is 0 Å². The maximum Gasteiger partial charge on any atom is 0.112 e. The Morgan fingerprint density at radius 2 is 1.85 bits per heavy atom. The highest BCUT2D eigenvalue weighted by Crippen LogP contribution is 2.20. The van der Waals surface area contributed by atoms with Crippen molar-refractivity contribution in [1.29, 1.82) is 0 Å². The molecule has 13 heavy (non-hydrogen) atoms. The van der Waals surface area contributed by atoms with Crippen molar-refractivity contribution in [2.75, 3.05) is 33.5 Å². The van der Waals surface area contributed by atoms with E-state index in [-0.39, 0.29) is 13.0 Å². The van der Waals surface area contributed by atoms with Gasteiger partial charge < -0.3 is 14.2 Å². The molecule has 1 fully saturated rings. The summed E-state index contributed by atoms with van der Waals surface area (Å²) in [6, 6.07) is 0. The first-order chi connectivity index (χ1) is 5.77. The van der Waals surface area contributed by atoms with Crippen LogP contribution in [0.25, 0.3) is 0 Å². The number of rotatable bonds is 6. The molecule has 1 aliphatic rings. The van der Waals surface area contributed by atoms with Gasteiger partial charge in [0, 0.05) is 20.3 Å². The molecule has 0 atom stereocenters. The highest BCUT2D eigenvalue weighted by Gasteiger charge is 2.33. The van der Waals surface area contributed by atoms with Crippen molar-refractivity contribution in [3.8, 4) is 0 Å². The molecular formula is C10H22O3. The lowest BCUT2D eigenvalue weighted by Gasteiger charge is -2.37. The minimum atomic E-state index is 0. The molecular weight excluding hydrogens is 168 g/mol. The van der Waals surface area contributed by atoms with Gasteiger partial charge in [-0.25, -0.2) is 0 Å². The molecule has 0 aromatic carbocycles. The fraction of sp³-hybridized carbons (Fsp3) is 1.00. The maximum atomic E-state index is 5.63. The molecule has 0 unspecified atom stereocenters. The van der Waals surface area contributed by atoms with Crippen molar-refractivity contribution in [2.24, 2.45) is 0 Å². The van der Waals surface area contributed by atoms with Crippen molar-refractivity contribution >= 4 is 0 Å². The second kappa shape index (κ2) is 6.35. The van der Waals surface area contributed by atoms with Crippen LogP contribution >= 0.6 is 0 Å². The highest BCUT2D eigenvalue weighted by atomic mass is 16.6. The van der Waals surface area contributed by atoms with Crippen LogP contribution in [0, 0.1) is 0 Å². The van der Waals surface area contributed by atoms with E-state index in [2.05, 4.69) is 6.92 Å². The lowest BCUT2D eigenvalue weighted by atomic mass is 10.1. The monoisotopic (exact) mass is 190 g/mol. The van der Waals surface area contributed by atoms with Crippen LogP contribution in [0.1, 0.15) is 27.2 Å². The van der Waals surface area contributed by atoms with E-state index >= 15 is 0 Å². The predicted molar refractivity (Wildman–Crippen MR) is 53.0 cm³/mol. The molecule has 3 heteroatoms. The van der Waals surface area contributed by atoms with Crippen LogP contribution in [-0.2, 0) is 14.2 Å². The third kappa shape index (κ3) is 4.60. The minimum Gasteiger partial charge on any atom is -0.385 e. The van der Waals surface area contributed by atoms with Gasteiger partial charge >= 0.3 is 0 Å². The summed E-state index contributed by atoms with van der Waals surface area (Å²) < 4.78 is 15.6. The average molecular weight is 190 g/mol. The maximum absolute atomic E-state index is 5.63. The van der Waals surface area contributed by atoms with Crippen LogP contribution in [0.15, 0.2) is 0 Å². The van der Waals surface area contributed by atoms with E-state index in [1.807, 2.05) is 0 Å². The lowest BCUT2D eigenvalue weighted by Crippen LogP contribution is -2.49. The van der Waals surface area contributed by atoms with Gasteiger partial charge in [-0.05, 0) is 19.8 Å². The quantitative estimate of drug-likeness (QED) is 0.598. The molecule has 80 valence electrons. The molecule has 0 aliphatic carbocycles. The molecule has 1 saturated heterocycles. The number of hydrogen-bond donors (Lipinski definition) is 0. The van der Waals surface area contributed by atoms with Crippen molar-refractivity contribution < 1.29 is 14.2 Å². The average Bonchev–Trinajstić information content (AvgIpc) is 2.01. The SMILES string of the molecule is C.COCCCCOC1(C)COC1. The number of hydrogen-bond acceptors (Lipinski definition) is 3. The third-order valence-corrected chi connectivity index (χ3v) is 2.01. The molecule has 0 N–H and O–H groups in total. The summed E-state index contributed by atoms with van der Waals surface area (Å²) in [6.45, 7) is 5.24. The Bertz CT molecular complexity index is 121. The number of unbranched alkanes of at least 4 members (excludes halogenated alkanes) is 1. The van der Waals surface area contributed by atoms with Gasteiger partial charge in [0.25, 0.3) is 0 Å². The Labute approximate surface area is 81.4 Å². The summed E-state index contributed by atoms with van der Waals surface area (Å²) >= 11 is 0. The lowest BCUT2D eigenvalue weighted by molar-refractivity contribution is -0.199. The van der Waals surface area contributed by atoms with E-state index < -0.39 is 0 Å². The summed E-state index contributed by atoms with van der Waals surface area (Å²) in [5, 5.41) is 0. The van der Waals surface area contributed by atoms with Gasteiger partial charge in [0.15, 0.2) is 0 Å². The molecule has 0 amide bonds. The van der Waals surface area contributed by atoms with Crippen molar-refractivity contribution in [3.05, 3.63) is 0 Å². The summed E-state index contributed by atoms with van der Waals surface area (Å²) in [7, 11) is 1.72. The van der Waals surface area contributed by atoms with Gasteiger partial charge in [-0.2, -0.15) is 0 Å². The topological polar surface area (TPSA) is 27.7 Å². The molecule has 0 radical (unpaired) electrons. The Morgan fingerprint density at radius 1 is 1.23 bits per heavy atom. The largest absolute Gasteiger partial charge is 0.385 e. The van der Waals surface area contributed by atoms with Gasteiger partial charge in [-0.3, -0.25) is 0 Å². The Balaban J connectivity index is 0.00000144. The smallest absolute Gasteiger partial charge is 0.112 e. The Kier molecular flexibility index (Phi) is 6.29. The van der Waals surface area contributed by atoms with Crippen molar-refractivity contribution in [1.82, 2.24) is 0 Å². The second-order valence-electron chi connectivity index (χ2n) is 3.49. The van der Waals surface area contributed by atoms with Crippen LogP contribution in [-0.4, -0.2) is 39.1 Å². The van der Waals surface area contributed by atoms with E-state index in [1.54, 1.807) is 7.11 Å². The normalized spacial score (nSPS) is 18.9. The molecule has 0 bridgehead atoms. The standard InChI is InChI=1S/C9H18O3.CH4/c1-9(7-11-8-9)12-6-4-3-5-10-2;/h3-8H2,1-2H3;1H4. The molecule has 1 heterocycles. The second-order valence-corrected chi connectivity index (χ2v) is 3.49. The van der Waals surface area contributed by atoms with Gasteiger partial charge in [0.05, 0.1) is 13.2 Å². The molecule has 0 spiro atoms. The summed E-state index contributed by atoms with van der Waals surface area (Å²) in [5.41, 5.74) is 0.00702. The minimum absolute atomic E-state index is 0. The van der Waals surface area contributed by atoms with Gasteiger partial charge in [-0.15, -0.1) is 0 Å². The number of methoxy groups -OCH3 is 1. The van der Waals surface area contributed by atoms with E-state index in [0.717, 1.165) is 39.3 Å². The molecule has 1 rings (SSSR count). The molecule has 0 aromatic heterocycles. The van der Waals surface area contributed by atoms with E-state index in [1.165, 1.54) is 0 Å². The summed E-state index contributed by atoms with van der Waals surface area (Å²) in [5.74, 6) is 0. The first-order valence-electron chi connectivity index (χ1n) is 4.47. The molecule has 1 aliphatic heterocycles. The van der Waals surface area contributed by atoms with Crippen molar-refractivity contribution in [3.63, 3.8) is 0 Å². The van der Waals surface area contributed by atoms with E-state index in [4.69, 9.17) is 14.2 Å². The summed E-state index contributed by atoms with van der Waals surface area (Å²) in [4.78, 5) is 0. The van der Waals surface area contributed by atoms with Gasteiger partial charge in [0.1, 0.15) is 5.60 Å². The summed E-state index contributed by atoms with van der Waals surface area (Å²) in [6.07, 6.45) is 2.15. The van der Waals surface area contributed by atoms with Crippen LogP contribution in [0.2, 0.25) is 0 Å². The zero-order valence-electron chi connectivity index (χ0n) is 7.97. The zero-order valence-corrected chi connectivity index (χ0v) is 7.97. The number of ether oxygens (including phenoxy) is 3. The predicted octanol–water partition coefficient (Wildman–Crippen LogP) is 1.85. The van der Waals surface area contributed by atoms with Crippen LogP contribution < -0.4 is 0 Å². The fourth-order valence-corrected chi connectivity index (χ4v) is 1.14. The van der Waals surface area contributed by atoms with Crippen molar-refractivity contribution in [2.45, 2.75) is 32.8 Å². The molecule has 0 aromatic rings. The zero-order chi connectivity index (χ0) is 8.86. The van der Waals surface area contributed by atoms with Crippen LogP contribution in [0.4, 0.5) is 0 Å².